The molecule has 12 heteroatoms. The number of nitrogen functional groups attached to an aromatic ring is 1. The van der Waals surface area contributed by atoms with Crippen LogP contribution in [0, 0.1) is 0 Å². The molecule has 4 aromatic rings. The highest BCUT2D eigenvalue weighted by Crippen LogP contribution is 2.39. The van der Waals surface area contributed by atoms with Gasteiger partial charge in [0.15, 0.2) is 0 Å². The second kappa shape index (κ2) is 11.0. The van der Waals surface area contributed by atoms with Gasteiger partial charge in [0.05, 0.1) is 23.4 Å². The Bertz CT molecular complexity index is 1580. The molecule has 0 saturated carbocycles. The van der Waals surface area contributed by atoms with Crippen LogP contribution in [0.25, 0.3) is 28.3 Å². The lowest BCUT2D eigenvalue weighted by Gasteiger charge is -2.24. The molecular formula is C29H28F3N5O4. The Morgan fingerprint density at radius 1 is 1.22 bits per heavy atom. The summed E-state index contributed by atoms with van der Waals surface area (Å²) in [5, 5.41) is 23.6. The molecule has 1 aromatic carbocycles. The molecule has 1 saturated heterocycles. The Morgan fingerprint density at radius 3 is 2.66 bits per heavy atom. The van der Waals surface area contributed by atoms with E-state index in [1.807, 2.05) is 0 Å². The standard InChI is InChI=1S/C29H28F3N5O4/c1-28(40)8-9-37(16-28)27(39)18-4-5-23(34-14-18)19-10-20-11-21(41-26(20)22(12-19)29(30,31)32)15-36-25(38)7-3-17-2-6-24(33)35-13-17/h2-7,10-14,27,39-40H,8-9,15-16H2,1H3,(H2,33,35)(H,36,38). The molecule has 214 valence electrons. The molecule has 0 spiro atoms. The number of aliphatic hydroxyl groups excluding tert-OH is 1. The van der Waals surface area contributed by atoms with Gasteiger partial charge in [-0.05, 0) is 61.4 Å². The largest absolute Gasteiger partial charge is 0.459 e. The highest BCUT2D eigenvalue weighted by molar-refractivity contribution is 5.92. The van der Waals surface area contributed by atoms with Gasteiger partial charge in [0, 0.05) is 48.1 Å². The summed E-state index contributed by atoms with van der Waals surface area (Å²) in [5.74, 6) is 0.0209. The maximum Gasteiger partial charge on any atom is 0.420 e. The van der Waals surface area contributed by atoms with Crippen molar-refractivity contribution in [3.8, 4) is 11.3 Å². The van der Waals surface area contributed by atoms with E-state index in [0.29, 0.717) is 36.5 Å². The summed E-state index contributed by atoms with van der Waals surface area (Å²) in [4.78, 5) is 22.2. The number of alkyl halides is 3. The van der Waals surface area contributed by atoms with E-state index in [1.165, 1.54) is 42.7 Å². The van der Waals surface area contributed by atoms with Crippen LogP contribution in [0.3, 0.4) is 0 Å². The zero-order valence-corrected chi connectivity index (χ0v) is 22.0. The van der Waals surface area contributed by atoms with Crippen molar-refractivity contribution >= 4 is 28.8 Å². The van der Waals surface area contributed by atoms with Crippen molar-refractivity contribution in [2.75, 3.05) is 18.8 Å². The fourth-order valence-electron chi connectivity index (χ4n) is 4.70. The summed E-state index contributed by atoms with van der Waals surface area (Å²) in [6.45, 7) is 2.36. The molecule has 0 aliphatic carbocycles. The van der Waals surface area contributed by atoms with Gasteiger partial charge in [-0.1, -0.05) is 6.07 Å². The third kappa shape index (κ3) is 6.56. The number of nitrogens with one attached hydrogen (secondary N) is 1. The molecule has 1 amide bonds. The first-order valence-corrected chi connectivity index (χ1v) is 12.8. The number of aliphatic hydroxyl groups is 2. The molecule has 3 aromatic heterocycles. The monoisotopic (exact) mass is 567 g/mol. The maximum absolute atomic E-state index is 14.0. The number of furan rings is 1. The molecule has 1 fully saturated rings. The maximum atomic E-state index is 14.0. The molecule has 41 heavy (non-hydrogen) atoms. The number of β-amino-alcohol motifs (C(OH)–C–C–N with tert-alkyl or cyclic N) is 1. The highest BCUT2D eigenvalue weighted by atomic mass is 19.4. The Morgan fingerprint density at radius 2 is 2.02 bits per heavy atom. The molecule has 2 atom stereocenters. The second-order valence-corrected chi connectivity index (χ2v) is 10.3. The molecule has 2 unspecified atom stereocenters. The topological polar surface area (TPSA) is 138 Å². The molecule has 1 aliphatic rings. The number of carbonyl (C=O) groups is 1. The number of hydrogen-bond donors (Lipinski definition) is 4. The van der Waals surface area contributed by atoms with Crippen molar-refractivity contribution in [3.05, 3.63) is 83.4 Å². The lowest BCUT2D eigenvalue weighted by molar-refractivity contribution is -0.136. The van der Waals surface area contributed by atoms with E-state index in [2.05, 4.69) is 15.3 Å². The Balaban J connectivity index is 1.34. The van der Waals surface area contributed by atoms with E-state index in [1.54, 1.807) is 30.0 Å². The first kappa shape index (κ1) is 28.3. The first-order chi connectivity index (χ1) is 19.4. The number of likely N-dealkylation sites (tertiary alicyclic amines) is 1. The van der Waals surface area contributed by atoms with Crippen molar-refractivity contribution in [1.82, 2.24) is 20.2 Å². The van der Waals surface area contributed by atoms with Crippen LogP contribution < -0.4 is 11.1 Å². The van der Waals surface area contributed by atoms with E-state index in [0.717, 1.165) is 6.07 Å². The lowest BCUT2D eigenvalue weighted by Crippen LogP contribution is -2.32. The Labute approximate surface area is 233 Å². The van der Waals surface area contributed by atoms with E-state index in [9.17, 15) is 28.2 Å². The molecule has 5 rings (SSSR count). The molecule has 4 heterocycles. The van der Waals surface area contributed by atoms with Gasteiger partial charge in [0.2, 0.25) is 5.91 Å². The quantitative estimate of drug-likeness (QED) is 0.243. The third-order valence-corrected chi connectivity index (χ3v) is 6.85. The molecule has 5 N–H and O–H groups in total. The van der Waals surface area contributed by atoms with Crippen LogP contribution in [-0.2, 0) is 17.5 Å². The van der Waals surface area contributed by atoms with Gasteiger partial charge in [0.25, 0.3) is 0 Å². The van der Waals surface area contributed by atoms with E-state index in [4.69, 9.17) is 10.2 Å². The number of benzene rings is 1. The predicted octanol–water partition coefficient (Wildman–Crippen LogP) is 4.27. The number of halogens is 3. The van der Waals surface area contributed by atoms with Gasteiger partial charge in [-0.25, -0.2) is 4.98 Å². The SMILES string of the molecule is CC1(O)CCN(C(O)c2ccc(-c3cc(C(F)(F)F)c4oc(CNC(=O)C=Cc5ccc(N)nc5)cc4c3)nc2)C1. The van der Waals surface area contributed by atoms with Crippen molar-refractivity contribution in [2.24, 2.45) is 0 Å². The average Bonchev–Trinajstić information content (AvgIpc) is 3.52. The third-order valence-electron chi connectivity index (χ3n) is 6.85. The zero-order valence-electron chi connectivity index (χ0n) is 22.0. The number of rotatable bonds is 7. The lowest BCUT2D eigenvalue weighted by atomic mass is 10.0. The molecule has 0 bridgehead atoms. The predicted molar refractivity (Wildman–Crippen MR) is 146 cm³/mol. The second-order valence-electron chi connectivity index (χ2n) is 10.3. The number of anilines is 1. The first-order valence-electron chi connectivity index (χ1n) is 12.8. The number of pyridine rings is 2. The molecule has 9 nitrogen and oxygen atoms in total. The van der Waals surface area contributed by atoms with E-state index >= 15 is 0 Å². The van der Waals surface area contributed by atoms with Crippen LogP contribution in [0.5, 0.6) is 0 Å². The van der Waals surface area contributed by atoms with Gasteiger partial charge in [0.1, 0.15) is 23.4 Å². The van der Waals surface area contributed by atoms with Crippen molar-refractivity contribution < 1.29 is 32.6 Å². The summed E-state index contributed by atoms with van der Waals surface area (Å²) in [6.07, 6.45) is 0.527. The number of fused-ring (bicyclic) bond motifs is 1. The van der Waals surface area contributed by atoms with Gasteiger partial charge in [-0.2, -0.15) is 13.2 Å². The van der Waals surface area contributed by atoms with Gasteiger partial charge in [-0.3, -0.25) is 14.7 Å². The van der Waals surface area contributed by atoms with Gasteiger partial charge < -0.3 is 25.7 Å². The van der Waals surface area contributed by atoms with E-state index in [-0.39, 0.29) is 34.5 Å². The fraction of sp³-hybridized carbons (Fsp3) is 0.276. The normalized spacial score (nSPS) is 18.8. The smallest absolute Gasteiger partial charge is 0.420 e. The van der Waals surface area contributed by atoms with Crippen LogP contribution >= 0.6 is 0 Å². The van der Waals surface area contributed by atoms with Gasteiger partial charge in [-0.15, -0.1) is 0 Å². The highest BCUT2D eigenvalue weighted by Gasteiger charge is 2.36. The molecular weight excluding hydrogens is 539 g/mol. The van der Waals surface area contributed by atoms with Crippen LogP contribution in [0.1, 0.15) is 42.0 Å². The zero-order chi connectivity index (χ0) is 29.4. The van der Waals surface area contributed by atoms with E-state index < -0.39 is 29.5 Å². The summed E-state index contributed by atoms with van der Waals surface area (Å²) in [5.41, 5.74) is 4.94. The minimum atomic E-state index is -4.70. The summed E-state index contributed by atoms with van der Waals surface area (Å²) in [6, 6.07) is 10.4. The van der Waals surface area contributed by atoms with Crippen molar-refractivity contribution in [2.45, 2.75) is 37.9 Å². The number of nitrogens with zero attached hydrogens (tertiary/aromatic N) is 3. The summed E-state index contributed by atoms with van der Waals surface area (Å²) < 4.78 is 47.5. The van der Waals surface area contributed by atoms with Crippen LogP contribution in [0.2, 0.25) is 0 Å². The molecule has 0 radical (unpaired) electrons. The van der Waals surface area contributed by atoms with Crippen LogP contribution in [-0.4, -0.2) is 49.7 Å². The van der Waals surface area contributed by atoms with Crippen molar-refractivity contribution in [1.29, 1.82) is 0 Å². The number of carbonyl (C=O) groups excluding carboxylic acids is 1. The van der Waals surface area contributed by atoms with Gasteiger partial charge >= 0.3 is 6.18 Å². The molecule has 1 aliphatic heterocycles. The number of hydrogen-bond acceptors (Lipinski definition) is 8. The Kier molecular flexibility index (Phi) is 7.56. The van der Waals surface area contributed by atoms with Crippen LogP contribution in [0.4, 0.5) is 19.0 Å². The summed E-state index contributed by atoms with van der Waals surface area (Å²) >= 11 is 0. The number of nitrogens with two attached hydrogens (primary N) is 1. The number of amides is 1. The minimum Gasteiger partial charge on any atom is -0.459 e. The van der Waals surface area contributed by atoms with Crippen LogP contribution in [0.15, 0.2) is 65.4 Å². The Hall–Kier alpha value is -4.26. The fourth-order valence-corrected chi connectivity index (χ4v) is 4.70. The minimum absolute atomic E-state index is 0.126. The van der Waals surface area contributed by atoms with Crippen molar-refractivity contribution in [3.63, 3.8) is 0 Å². The average molecular weight is 568 g/mol. The number of aromatic nitrogens is 2. The summed E-state index contributed by atoms with van der Waals surface area (Å²) in [7, 11) is 0.